The van der Waals surface area contributed by atoms with Gasteiger partial charge in [0.2, 0.25) is 10.0 Å². The average Bonchev–Trinajstić information content (AvgIpc) is 3.09. The van der Waals surface area contributed by atoms with Gasteiger partial charge in [0, 0.05) is 31.2 Å². The van der Waals surface area contributed by atoms with Gasteiger partial charge >= 0.3 is 6.03 Å². The minimum Gasteiger partial charge on any atom is -0.336 e. The second kappa shape index (κ2) is 8.63. The van der Waals surface area contributed by atoms with Crippen LogP contribution < -0.4 is 10.6 Å². The molecule has 0 saturated carbocycles. The number of rotatable bonds is 7. The van der Waals surface area contributed by atoms with E-state index in [1.54, 1.807) is 23.5 Å². The van der Waals surface area contributed by atoms with Crippen molar-refractivity contribution in [2.45, 2.75) is 10.9 Å². The molecule has 0 fully saturated rings. The Morgan fingerprint density at radius 2 is 1.88 bits per heavy atom. The Hall–Kier alpha value is -1.94. The van der Waals surface area contributed by atoms with E-state index in [4.69, 9.17) is 0 Å². The number of amides is 2. The SMILES string of the molecule is CN(C)[C@@H](CNC(=O)Nc1cccc(S(=O)(=O)N(C)C)c1)c1cccs1. The van der Waals surface area contributed by atoms with Crippen LogP contribution in [0, 0.1) is 0 Å². The normalized spacial score (nSPS) is 13.0. The molecule has 1 aromatic heterocycles. The fraction of sp³-hybridized carbons (Fsp3) is 0.353. The van der Waals surface area contributed by atoms with Gasteiger partial charge in [0.05, 0.1) is 10.9 Å². The molecule has 7 nitrogen and oxygen atoms in total. The van der Waals surface area contributed by atoms with E-state index in [0.717, 1.165) is 9.18 Å². The first-order valence-corrected chi connectivity index (χ1v) is 10.3. The van der Waals surface area contributed by atoms with Crippen molar-refractivity contribution in [1.29, 1.82) is 0 Å². The van der Waals surface area contributed by atoms with Crippen LogP contribution in [0.2, 0.25) is 0 Å². The predicted molar refractivity (Wildman–Crippen MR) is 105 cm³/mol. The number of nitrogens with zero attached hydrogens (tertiary/aromatic N) is 2. The summed E-state index contributed by atoms with van der Waals surface area (Å²) in [5, 5.41) is 7.52. The minimum atomic E-state index is -3.55. The Morgan fingerprint density at radius 1 is 1.15 bits per heavy atom. The molecule has 2 N–H and O–H groups in total. The molecule has 0 unspecified atom stereocenters. The maximum absolute atomic E-state index is 12.2. The van der Waals surface area contributed by atoms with Crippen LogP contribution >= 0.6 is 11.3 Å². The van der Waals surface area contributed by atoms with Gasteiger partial charge in [-0.3, -0.25) is 0 Å². The highest BCUT2D eigenvalue weighted by molar-refractivity contribution is 7.89. The third kappa shape index (κ3) is 5.04. The van der Waals surface area contributed by atoms with Crippen molar-refractivity contribution in [1.82, 2.24) is 14.5 Å². The molecule has 26 heavy (non-hydrogen) atoms. The second-order valence-electron chi connectivity index (χ2n) is 6.15. The van der Waals surface area contributed by atoms with Crippen LogP contribution in [0.1, 0.15) is 10.9 Å². The van der Waals surface area contributed by atoms with E-state index in [0.29, 0.717) is 12.2 Å². The standard InChI is InChI=1S/C17H24N4O3S2/c1-20(2)15(16-9-6-10-25-16)12-18-17(22)19-13-7-5-8-14(11-13)26(23,24)21(3)4/h5-11,15H,12H2,1-4H3,(H2,18,19,22)/t15-/m0/s1. The zero-order valence-electron chi connectivity index (χ0n) is 15.3. The maximum atomic E-state index is 12.2. The number of urea groups is 1. The lowest BCUT2D eigenvalue weighted by Crippen LogP contribution is -2.36. The summed E-state index contributed by atoms with van der Waals surface area (Å²) >= 11 is 1.64. The summed E-state index contributed by atoms with van der Waals surface area (Å²) in [5.74, 6) is 0. The fourth-order valence-corrected chi connectivity index (χ4v) is 4.20. The molecule has 1 heterocycles. The van der Waals surface area contributed by atoms with Crippen molar-refractivity contribution < 1.29 is 13.2 Å². The highest BCUT2D eigenvalue weighted by Gasteiger charge is 2.18. The maximum Gasteiger partial charge on any atom is 0.319 e. The highest BCUT2D eigenvalue weighted by Crippen LogP contribution is 2.22. The third-order valence-corrected chi connectivity index (χ3v) is 6.61. The molecule has 9 heteroatoms. The average molecular weight is 397 g/mol. The first kappa shape index (κ1) is 20.4. The van der Waals surface area contributed by atoms with Crippen LogP contribution in [0.25, 0.3) is 0 Å². The van der Waals surface area contributed by atoms with Crippen molar-refractivity contribution in [2.75, 3.05) is 40.1 Å². The Balaban J connectivity index is 2.02. The van der Waals surface area contributed by atoms with Gasteiger partial charge in [-0.15, -0.1) is 11.3 Å². The van der Waals surface area contributed by atoms with Crippen LogP contribution in [-0.4, -0.2) is 58.4 Å². The van der Waals surface area contributed by atoms with Crippen molar-refractivity contribution in [3.63, 3.8) is 0 Å². The summed E-state index contributed by atoms with van der Waals surface area (Å²) in [6, 6.07) is 9.89. The lowest BCUT2D eigenvalue weighted by Gasteiger charge is -2.23. The Morgan fingerprint density at radius 3 is 2.46 bits per heavy atom. The number of nitrogens with one attached hydrogen (secondary N) is 2. The Bertz CT molecular complexity index is 833. The largest absolute Gasteiger partial charge is 0.336 e. The van der Waals surface area contributed by atoms with Crippen LogP contribution in [0.4, 0.5) is 10.5 Å². The number of carbonyl (C=O) groups is 1. The van der Waals surface area contributed by atoms with Gasteiger partial charge in [-0.1, -0.05) is 12.1 Å². The molecule has 2 amide bonds. The van der Waals surface area contributed by atoms with Crippen molar-refractivity contribution >= 4 is 33.1 Å². The first-order chi connectivity index (χ1) is 12.2. The monoisotopic (exact) mass is 396 g/mol. The van der Waals surface area contributed by atoms with Crippen LogP contribution in [-0.2, 0) is 10.0 Å². The lowest BCUT2D eigenvalue weighted by atomic mass is 10.2. The number of thiophene rings is 1. The predicted octanol–water partition coefficient (Wildman–Crippen LogP) is 2.42. The number of likely N-dealkylation sites (N-methyl/N-ethyl adjacent to an activating group) is 1. The molecular weight excluding hydrogens is 372 g/mol. The van der Waals surface area contributed by atoms with Crippen LogP contribution in [0.5, 0.6) is 0 Å². The molecule has 2 rings (SSSR count). The van der Waals surface area contributed by atoms with Gasteiger partial charge in [-0.2, -0.15) is 0 Å². The van der Waals surface area contributed by atoms with E-state index in [1.165, 1.54) is 26.2 Å². The molecule has 0 aliphatic carbocycles. The molecule has 1 atom stereocenters. The number of sulfonamides is 1. The summed E-state index contributed by atoms with van der Waals surface area (Å²) < 4.78 is 25.5. The van der Waals surface area contributed by atoms with Gasteiger partial charge in [0.1, 0.15) is 0 Å². The summed E-state index contributed by atoms with van der Waals surface area (Å²) in [6.07, 6.45) is 0. The summed E-state index contributed by atoms with van der Waals surface area (Å²) in [4.78, 5) is 15.5. The number of benzene rings is 1. The Kier molecular flexibility index (Phi) is 6.76. The van der Waals surface area contributed by atoms with E-state index >= 15 is 0 Å². The zero-order valence-corrected chi connectivity index (χ0v) is 16.9. The van der Waals surface area contributed by atoms with Crippen LogP contribution in [0.15, 0.2) is 46.7 Å². The van der Waals surface area contributed by atoms with E-state index in [1.807, 2.05) is 36.5 Å². The zero-order chi connectivity index (χ0) is 19.3. The lowest BCUT2D eigenvalue weighted by molar-refractivity contribution is 0.244. The molecule has 0 bridgehead atoms. The Labute approximate surface area is 158 Å². The topological polar surface area (TPSA) is 81.8 Å². The molecule has 0 aliphatic heterocycles. The van der Waals surface area contributed by atoms with Crippen molar-refractivity contribution in [3.8, 4) is 0 Å². The van der Waals surface area contributed by atoms with E-state index in [2.05, 4.69) is 10.6 Å². The number of carbonyl (C=O) groups excluding carboxylic acids is 1. The molecule has 2 aromatic rings. The molecule has 142 valence electrons. The first-order valence-electron chi connectivity index (χ1n) is 7.99. The molecule has 0 saturated heterocycles. The van der Waals surface area contributed by atoms with E-state index in [9.17, 15) is 13.2 Å². The minimum absolute atomic E-state index is 0.0706. The van der Waals surface area contributed by atoms with Gasteiger partial charge in [0.25, 0.3) is 0 Å². The van der Waals surface area contributed by atoms with Crippen molar-refractivity contribution in [2.24, 2.45) is 0 Å². The fourth-order valence-electron chi connectivity index (χ4n) is 2.33. The second-order valence-corrected chi connectivity index (χ2v) is 9.28. The molecule has 0 spiro atoms. The summed E-state index contributed by atoms with van der Waals surface area (Å²) in [5.41, 5.74) is 0.419. The quantitative estimate of drug-likeness (QED) is 0.753. The van der Waals surface area contributed by atoms with Crippen LogP contribution in [0.3, 0.4) is 0 Å². The van der Waals surface area contributed by atoms with Crippen molar-refractivity contribution in [3.05, 3.63) is 46.7 Å². The molecule has 0 aliphatic rings. The molecule has 1 aromatic carbocycles. The summed E-state index contributed by atoms with van der Waals surface area (Å²) in [6.45, 7) is 0.440. The van der Waals surface area contributed by atoms with Gasteiger partial charge < -0.3 is 15.5 Å². The summed E-state index contributed by atoms with van der Waals surface area (Å²) in [7, 11) is 3.30. The molecular formula is C17H24N4O3S2. The third-order valence-electron chi connectivity index (χ3n) is 3.82. The number of hydrogen-bond acceptors (Lipinski definition) is 5. The number of anilines is 1. The number of hydrogen-bond donors (Lipinski definition) is 2. The highest BCUT2D eigenvalue weighted by atomic mass is 32.2. The van der Waals surface area contributed by atoms with E-state index in [-0.39, 0.29) is 17.0 Å². The smallest absolute Gasteiger partial charge is 0.319 e. The molecule has 0 radical (unpaired) electrons. The van der Waals surface area contributed by atoms with E-state index < -0.39 is 10.0 Å². The van der Waals surface area contributed by atoms with Gasteiger partial charge in [-0.05, 0) is 43.7 Å². The van der Waals surface area contributed by atoms with Gasteiger partial charge in [-0.25, -0.2) is 17.5 Å². The van der Waals surface area contributed by atoms with Gasteiger partial charge in [0.15, 0.2) is 0 Å².